The number of anilines is 1. The van der Waals surface area contributed by atoms with Gasteiger partial charge in [0.15, 0.2) is 5.82 Å². The highest BCUT2D eigenvalue weighted by Gasteiger charge is 2.27. The van der Waals surface area contributed by atoms with Gasteiger partial charge in [-0.1, -0.05) is 6.92 Å². The van der Waals surface area contributed by atoms with Gasteiger partial charge in [-0.25, -0.2) is 0 Å². The Morgan fingerprint density at radius 2 is 2.53 bits per heavy atom. The average molecular weight is 301 g/mol. The van der Waals surface area contributed by atoms with E-state index in [0.29, 0.717) is 11.7 Å². The molecule has 5 nitrogen and oxygen atoms in total. The Balaban J connectivity index is 2.00. The highest BCUT2D eigenvalue weighted by molar-refractivity contribution is 9.10. The highest BCUT2D eigenvalue weighted by Crippen LogP contribution is 2.21. The van der Waals surface area contributed by atoms with E-state index >= 15 is 0 Å². The topological polar surface area (TPSA) is 59.0 Å². The summed E-state index contributed by atoms with van der Waals surface area (Å²) in [6.45, 7) is 5.84. The maximum absolute atomic E-state index is 12.0. The second kappa shape index (κ2) is 5.18. The van der Waals surface area contributed by atoms with E-state index in [4.69, 9.17) is 0 Å². The lowest BCUT2D eigenvalue weighted by Gasteiger charge is -2.09. The maximum atomic E-state index is 12.0. The molecule has 94 valence electrons. The fourth-order valence-electron chi connectivity index (χ4n) is 1.96. The first-order chi connectivity index (χ1) is 8.10. The summed E-state index contributed by atoms with van der Waals surface area (Å²) in [5.74, 6) is 1.15. The molecule has 2 N–H and O–H groups in total. The third kappa shape index (κ3) is 2.87. The average Bonchev–Trinajstić information content (AvgIpc) is 2.86. The Bertz CT molecular complexity index is 418. The number of aromatic nitrogens is 2. The van der Waals surface area contributed by atoms with E-state index in [1.54, 1.807) is 4.68 Å². The van der Waals surface area contributed by atoms with E-state index in [0.717, 1.165) is 24.0 Å². The summed E-state index contributed by atoms with van der Waals surface area (Å²) < 4.78 is 2.60. The molecule has 0 aliphatic carbocycles. The van der Waals surface area contributed by atoms with E-state index in [1.165, 1.54) is 0 Å². The zero-order valence-corrected chi connectivity index (χ0v) is 11.6. The minimum Gasteiger partial charge on any atom is -0.307 e. The molecule has 1 amide bonds. The molecule has 0 radical (unpaired) electrons. The predicted molar refractivity (Wildman–Crippen MR) is 69.8 cm³/mol. The highest BCUT2D eigenvalue weighted by atomic mass is 79.9. The Labute approximate surface area is 109 Å². The quantitative estimate of drug-likeness (QED) is 0.891. The van der Waals surface area contributed by atoms with Crippen molar-refractivity contribution in [2.75, 3.05) is 11.9 Å². The first-order valence-corrected chi connectivity index (χ1v) is 6.66. The van der Waals surface area contributed by atoms with Gasteiger partial charge in [0, 0.05) is 12.7 Å². The lowest BCUT2D eigenvalue weighted by molar-refractivity contribution is -0.117. The SMILES string of the molecule is CCn1cc(Br)c(NC(=O)[C@@H]2CC(C)CN2)n1. The number of halogens is 1. The van der Waals surface area contributed by atoms with Crippen LogP contribution in [0.5, 0.6) is 0 Å². The van der Waals surface area contributed by atoms with Gasteiger partial charge in [0.25, 0.3) is 0 Å². The molecule has 2 atom stereocenters. The second-order valence-electron chi connectivity index (χ2n) is 4.47. The fraction of sp³-hybridized carbons (Fsp3) is 0.636. The Kier molecular flexibility index (Phi) is 3.83. The van der Waals surface area contributed by atoms with Gasteiger partial charge in [-0.2, -0.15) is 5.10 Å². The van der Waals surface area contributed by atoms with Gasteiger partial charge in [-0.05, 0) is 41.7 Å². The molecule has 6 heteroatoms. The fourth-order valence-corrected chi connectivity index (χ4v) is 2.37. The standard InChI is InChI=1S/C11H17BrN4O/c1-3-16-6-8(12)10(15-16)14-11(17)9-4-7(2)5-13-9/h6-7,9,13H,3-5H2,1-2H3,(H,14,15,17)/t7?,9-/m0/s1. The zero-order valence-electron chi connectivity index (χ0n) is 10.0. The van der Waals surface area contributed by atoms with Gasteiger partial charge in [0.1, 0.15) is 0 Å². The second-order valence-corrected chi connectivity index (χ2v) is 5.33. The van der Waals surface area contributed by atoms with Crippen molar-refractivity contribution in [1.29, 1.82) is 0 Å². The smallest absolute Gasteiger partial charge is 0.242 e. The predicted octanol–water partition coefficient (Wildman–Crippen LogP) is 1.60. The molecule has 1 unspecified atom stereocenters. The number of nitrogens with zero attached hydrogens (tertiary/aromatic N) is 2. The molecule has 0 aromatic carbocycles. The third-order valence-corrected chi connectivity index (χ3v) is 3.53. The number of nitrogens with one attached hydrogen (secondary N) is 2. The van der Waals surface area contributed by atoms with Crippen molar-refractivity contribution in [2.45, 2.75) is 32.9 Å². The largest absolute Gasteiger partial charge is 0.307 e. The van der Waals surface area contributed by atoms with E-state index < -0.39 is 0 Å². The van der Waals surface area contributed by atoms with Crippen LogP contribution in [0.25, 0.3) is 0 Å². The van der Waals surface area contributed by atoms with Crippen LogP contribution in [0.1, 0.15) is 20.3 Å². The van der Waals surface area contributed by atoms with Crippen LogP contribution in [0, 0.1) is 5.92 Å². The molecule has 1 saturated heterocycles. The number of carbonyl (C=O) groups is 1. The summed E-state index contributed by atoms with van der Waals surface area (Å²) in [5.41, 5.74) is 0. The van der Waals surface area contributed by atoms with E-state index in [1.807, 2.05) is 13.1 Å². The van der Waals surface area contributed by atoms with Gasteiger partial charge >= 0.3 is 0 Å². The summed E-state index contributed by atoms with van der Waals surface area (Å²) in [6, 6.07) is -0.0938. The van der Waals surface area contributed by atoms with Crippen molar-refractivity contribution in [2.24, 2.45) is 5.92 Å². The van der Waals surface area contributed by atoms with Gasteiger partial charge in [-0.15, -0.1) is 0 Å². The molecule has 17 heavy (non-hydrogen) atoms. The molecule has 0 bridgehead atoms. The first-order valence-electron chi connectivity index (χ1n) is 5.87. The molecule has 0 saturated carbocycles. The van der Waals surface area contributed by atoms with Crippen molar-refractivity contribution in [3.63, 3.8) is 0 Å². The van der Waals surface area contributed by atoms with Crippen molar-refractivity contribution in [3.8, 4) is 0 Å². The van der Waals surface area contributed by atoms with Crippen LogP contribution >= 0.6 is 15.9 Å². The maximum Gasteiger partial charge on any atom is 0.242 e. The molecule has 1 aliphatic rings. The van der Waals surface area contributed by atoms with Gasteiger partial charge in [0.2, 0.25) is 5.91 Å². The first kappa shape index (κ1) is 12.6. The van der Waals surface area contributed by atoms with Crippen molar-refractivity contribution in [1.82, 2.24) is 15.1 Å². The molecular formula is C11H17BrN4O. The lowest BCUT2D eigenvalue weighted by Crippen LogP contribution is -2.35. The Hall–Kier alpha value is -0.880. The molecule has 2 heterocycles. The van der Waals surface area contributed by atoms with Crippen LogP contribution in [0.2, 0.25) is 0 Å². The van der Waals surface area contributed by atoms with Gasteiger partial charge in [-0.3, -0.25) is 9.48 Å². The molecule has 1 fully saturated rings. The van der Waals surface area contributed by atoms with Crippen LogP contribution in [0.4, 0.5) is 5.82 Å². The summed E-state index contributed by atoms with van der Waals surface area (Å²) in [7, 11) is 0. The number of carbonyl (C=O) groups excluding carboxylic acids is 1. The van der Waals surface area contributed by atoms with Crippen LogP contribution in [-0.4, -0.2) is 28.3 Å². The van der Waals surface area contributed by atoms with Crippen LogP contribution < -0.4 is 10.6 Å². The number of aryl methyl sites for hydroxylation is 1. The Morgan fingerprint density at radius 3 is 3.06 bits per heavy atom. The molecule has 1 aromatic heterocycles. The van der Waals surface area contributed by atoms with Crippen molar-refractivity contribution in [3.05, 3.63) is 10.7 Å². The third-order valence-electron chi connectivity index (χ3n) is 2.95. The van der Waals surface area contributed by atoms with Crippen LogP contribution in [-0.2, 0) is 11.3 Å². The molecule has 2 rings (SSSR count). The molecule has 0 spiro atoms. The minimum atomic E-state index is -0.0938. The van der Waals surface area contributed by atoms with Gasteiger partial charge < -0.3 is 10.6 Å². The molecule has 1 aromatic rings. The number of amides is 1. The number of hydrogen-bond acceptors (Lipinski definition) is 3. The summed E-state index contributed by atoms with van der Waals surface area (Å²) in [6.07, 6.45) is 2.75. The molecule has 1 aliphatic heterocycles. The lowest BCUT2D eigenvalue weighted by atomic mass is 10.1. The van der Waals surface area contributed by atoms with E-state index in [2.05, 4.69) is 38.6 Å². The Morgan fingerprint density at radius 1 is 1.76 bits per heavy atom. The normalized spacial score (nSPS) is 23.9. The van der Waals surface area contributed by atoms with Gasteiger partial charge in [0.05, 0.1) is 10.5 Å². The van der Waals surface area contributed by atoms with Crippen molar-refractivity contribution >= 4 is 27.7 Å². The van der Waals surface area contributed by atoms with Crippen LogP contribution in [0.3, 0.4) is 0 Å². The number of rotatable bonds is 3. The van der Waals surface area contributed by atoms with Crippen LogP contribution in [0.15, 0.2) is 10.7 Å². The zero-order chi connectivity index (χ0) is 12.4. The minimum absolute atomic E-state index is 0.00333. The monoisotopic (exact) mass is 300 g/mol. The van der Waals surface area contributed by atoms with Crippen molar-refractivity contribution < 1.29 is 4.79 Å². The summed E-state index contributed by atoms with van der Waals surface area (Å²) in [5, 5.41) is 10.3. The van der Waals surface area contributed by atoms with E-state index in [-0.39, 0.29) is 11.9 Å². The molecular weight excluding hydrogens is 284 g/mol. The van der Waals surface area contributed by atoms with E-state index in [9.17, 15) is 4.79 Å². The summed E-state index contributed by atoms with van der Waals surface area (Å²) in [4.78, 5) is 12.0. The summed E-state index contributed by atoms with van der Waals surface area (Å²) >= 11 is 3.39. The number of hydrogen-bond donors (Lipinski definition) is 2.